The number of hydrogen-bond acceptors (Lipinski definition) is 5. The van der Waals surface area contributed by atoms with Gasteiger partial charge in [0.1, 0.15) is 0 Å². The molecule has 29 heavy (non-hydrogen) atoms. The van der Waals surface area contributed by atoms with E-state index in [9.17, 15) is 19.2 Å². The smallest absolute Gasteiger partial charge is 0.308 e. The van der Waals surface area contributed by atoms with Crippen LogP contribution in [0.5, 0.6) is 0 Å². The van der Waals surface area contributed by atoms with E-state index in [2.05, 4.69) is 0 Å². The highest BCUT2D eigenvalue weighted by atomic mass is 16.5. The Balaban J connectivity index is 1.50. The van der Waals surface area contributed by atoms with Crippen molar-refractivity contribution in [1.82, 2.24) is 4.90 Å². The monoisotopic (exact) mass is 400 g/mol. The molecule has 3 amide bonds. The number of nitrogens with zero attached hydrogens (tertiary/aromatic N) is 2. The molecule has 0 N–H and O–H groups in total. The van der Waals surface area contributed by atoms with E-state index < -0.39 is 5.97 Å². The van der Waals surface area contributed by atoms with Crippen LogP contribution in [0.25, 0.3) is 0 Å². The SMILES string of the molecule is CC(C)N(C(=O)COC(=O)CCN1C(=O)[C@H]2CCCC[C@@H]2C1=O)c1ccccc1. The molecule has 2 atom stereocenters. The molecule has 2 aliphatic rings. The minimum atomic E-state index is -0.592. The molecule has 1 aromatic carbocycles. The number of hydrogen-bond donors (Lipinski definition) is 0. The molecule has 7 heteroatoms. The lowest BCUT2D eigenvalue weighted by atomic mass is 9.81. The van der Waals surface area contributed by atoms with Crippen LogP contribution in [0.3, 0.4) is 0 Å². The molecule has 156 valence electrons. The van der Waals surface area contributed by atoms with Crippen LogP contribution < -0.4 is 4.90 Å². The van der Waals surface area contributed by atoms with E-state index in [1.165, 1.54) is 4.90 Å². The van der Waals surface area contributed by atoms with Gasteiger partial charge in [0.25, 0.3) is 5.91 Å². The van der Waals surface area contributed by atoms with Crippen molar-refractivity contribution in [3.05, 3.63) is 30.3 Å². The molecule has 1 aromatic rings. The maximum absolute atomic E-state index is 12.6. The molecule has 0 unspecified atom stereocenters. The molecule has 0 spiro atoms. The number of amides is 3. The molecule has 2 fully saturated rings. The fourth-order valence-corrected chi connectivity index (χ4v) is 4.26. The average molecular weight is 400 g/mol. The van der Waals surface area contributed by atoms with E-state index in [1.807, 2.05) is 44.2 Å². The predicted molar refractivity (Wildman–Crippen MR) is 107 cm³/mol. The molecule has 3 rings (SSSR count). The number of imide groups is 1. The third-order valence-electron chi connectivity index (χ3n) is 5.65. The predicted octanol–water partition coefficient (Wildman–Crippen LogP) is 2.54. The number of carbonyl (C=O) groups is 4. The summed E-state index contributed by atoms with van der Waals surface area (Å²) in [5.74, 6) is -1.69. The minimum absolute atomic E-state index is 0.0181. The average Bonchev–Trinajstić information content (AvgIpc) is 2.96. The van der Waals surface area contributed by atoms with Crippen molar-refractivity contribution < 1.29 is 23.9 Å². The van der Waals surface area contributed by atoms with Crippen LogP contribution in [0, 0.1) is 11.8 Å². The fourth-order valence-electron chi connectivity index (χ4n) is 4.26. The van der Waals surface area contributed by atoms with Crippen LogP contribution in [0.15, 0.2) is 30.3 Å². The highest BCUT2D eigenvalue weighted by molar-refractivity contribution is 6.05. The standard InChI is InChI=1S/C22H28N2O5/c1-15(2)24(16-8-4-3-5-9-16)19(25)14-29-20(26)12-13-23-21(27)17-10-6-7-11-18(17)22(23)28/h3-5,8-9,15,17-18H,6-7,10-14H2,1-2H3/t17-,18-/m0/s1. The third kappa shape index (κ3) is 4.66. The largest absolute Gasteiger partial charge is 0.455 e. The highest BCUT2D eigenvalue weighted by Gasteiger charge is 2.47. The molecular formula is C22H28N2O5. The maximum atomic E-state index is 12.6. The Morgan fingerprint density at radius 2 is 1.66 bits per heavy atom. The summed E-state index contributed by atoms with van der Waals surface area (Å²) < 4.78 is 5.13. The van der Waals surface area contributed by atoms with Crippen LogP contribution in [0.2, 0.25) is 0 Å². The van der Waals surface area contributed by atoms with Crippen molar-refractivity contribution in [3.63, 3.8) is 0 Å². The second kappa shape index (κ2) is 9.20. The zero-order valence-electron chi connectivity index (χ0n) is 17.0. The van der Waals surface area contributed by atoms with Crippen molar-refractivity contribution in [2.24, 2.45) is 11.8 Å². The number of anilines is 1. The van der Waals surface area contributed by atoms with Gasteiger partial charge in [0, 0.05) is 18.3 Å². The Morgan fingerprint density at radius 1 is 1.07 bits per heavy atom. The third-order valence-corrected chi connectivity index (χ3v) is 5.65. The molecule has 1 saturated heterocycles. The molecular weight excluding hydrogens is 372 g/mol. The molecule has 0 aromatic heterocycles. The summed E-state index contributed by atoms with van der Waals surface area (Å²) in [7, 11) is 0. The van der Waals surface area contributed by atoms with E-state index in [1.54, 1.807) is 4.90 Å². The Hall–Kier alpha value is -2.70. The van der Waals surface area contributed by atoms with Crippen LogP contribution in [0.1, 0.15) is 46.0 Å². The van der Waals surface area contributed by atoms with Gasteiger partial charge in [0.05, 0.1) is 18.3 Å². The van der Waals surface area contributed by atoms with E-state index in [0.29, 0.717) is 0 Å². The van der Waals surface area contributed by atoms with Gasteiger partial charge < -0.3 is 9.64 Å². The van der Waals surface area contributed by atoms with Crippen LogP contribution >= 0.6 is 0 Å². The van der Waals surface area contributed by atoms with Gasteiger partial charge in [0.15, 0.2) is 6.61 Å². The molecule has 1 aliphatic heterocycles. The lowest BCUT2D eigenvalue weighted by molar-refractivity contribution is -0.149. The summed E-state index contributed by atoms with van der Waals surface area (Å²) in [4.78, 5) is 52.3. The first-order valence-electron chi connectivity index (χ1n) is 10.3. The van der Waals surface area contributed by atoms with Gasteiger partial charge in [-0.25, -0.2) is 0 Å². The van der Waals surface area contributed by atoms with Crippen LogP contribution in [-0.2, 0) is 23.9 Å². The Bertz CT molecular complexity index is 753. The normalized spacial score (nSPS) is 21.3. The highest BCUT2D eigenvalue weighted by Crippen LogP contribution is 2.37. The van der Waals surface area contributed by atoms with Crippen molar-refractivity contribution >= 4 is 29.4 Å². The number of para-hydroxylation sites is 1. The van der Waals surface area contributed by atoms with Gasteiger partial charge in [-0.05, 0) is 38.8 Å². The van der Waals surface area contributed by atoms with Gasteiger partial charge in [-0.15, -0.1) is 0 Å². The quantitative estimate of drug-likeness (QED) is 0.519. The minimum Gasteiger partial charge on any atom is -0.455 e. The topological polar surface area (TPSA) is 84.0 Å². The first-order chi connectivity index (χ1) is 13.9. The van der Waals surface area contributed by atoms with Gasteiger partial charge >= 0.3 is 5.97 Å². The van der Waals surface area contributed by atoms with Crippen LogP contribution in [-0.4, -0.2) is 47.8 Å². The number of carbonyl (C=O) groups excluding carboxylic acids is 4. The van der Waals surface area contributed by atoms with Crippen molar-refractivity contribution in [2.45, 2.75) is 52.0 Å². The molecule has 0 bridgehead atoms. The summed E-state index contributed by atoms with van der Waals surface area (Å²) in [5, 5.41) is 0. The van der Waals surface area contributed by atoms with E-state index in [-0.39, 0.29) is 55.2 Å². The van der Waals surface area contributed by atoms with Gasteiger partial charge in [0.2, 0.25) is 11.8 Å². The number of benzene rings is 1. The number of fused-ring (bicyclic) bond motifs is 1. The summed E-state index contributed by atoms with van der Waals surface area (Å²) in [6, 6.07) is 9.10. The van der Waals surface area contributed by atoms with Gasteiger partial charge in [-0.3, -0.25) is 24.1 Å². The van der Waals surface area contributed by atoms with E-state index >= 15 is 0 Å². The maximum Gasteiger partial charge on any atom is 0.308 e. The van der Waals surface area contributed by atoms with Gasteiger partial charge in [-0.1, -0.05) is 31.0 Å². The first kappa shape index (κ1) is 21.0. The van der Waals surface area contributed by atoms with Gasteiger partial charge in [-0.2, -0.15) is 0 Å². The summed E-state index contributed by atoms with van der Waals surface area (Å²) in [6.07, 6.45) is 3.32. The number of esters is 1. The zero-order valence-corrected chi connectivity index (χ0v) is 17.0. The van der Waals surface area contributed by atoms with Crippen LogP contribution in [0.4, 0.5) is 5.69 Å². The second-order valence-electron chi connectivity index (χ2n) is 7.93. The molecule has 1 saturated carbocycles. The second-order valence-corrected chi connectivity index (χ2v) is 7.93. The molecule has 1 aliphatic carbocycles. The van der Waals surface area contributed by atoms with Crippen molar-refractivity contribution in [3.8, 4) is 0 Å². The van der Waals surface area contributed by atoms with E-state index in [4.69, 9.17) is 4.74 Å². The number of ether oxygens (including phenoxy) is 1. The summed E-state index contributed by atoms with van der Waals surface area (Å²) >= 11 is 0. The lowest BCUT2D eigenvalue weighted by Crippen LogP contribution is -2.40. The number of rotatable bonds is 7. The van der Waals surface area contributed by atoms with Crippen molar-refractivity contribution in [1.29, 1.82) is 0 Å². The zero-order chi connectivity index (χ0) is 21.0. The fraction of sp³-hybridized carbons (Fsp3) is 0.545. The summed E-state index contributed by atoms with van der Waals surface area (Å²) in [6.45, 7) is 3.41. The Labute approximate surface area is 171 Å². The lowest BCUT2D eigenvalue weighted by Gasteiger charge is -2.26. The number of likely N-dealkylation sites (tertiary alicyclic amines) is 1. The Morgan fingerprint density at radius 3 is 2.21 bits per heavy atom. The van der Waals surface area contributed by atoms with E-state index in [0.717, 1.165) is 31.4 Å². The molecule has 1 heterocycles. The Kier molecular flexibility index (Phi) is 6.67. The molecule has 0 radical (unpaired) electrons. The molecule has 7 nitrogen and oxygen atoms in total. The summed E-state index contributed by atoms with van der Waals surface area (Å²) in [5.41, 5.74) is 0.736. The van der Waals surface area contributed by atoms with Crippen molar-refractivity contribution in [2.75, 3.05) is 18.1 Å². The first-order valence-corrected chi connectivity index (χ1v) is 10.3.